The van der Waals surface area contributed by atoms with Crippen LogP contribution in [0.1, 0.15) is 11.1 Å². The topological polar surface area (TPSA) is 203 Å². The second-order valence-corrected chi connectivity index (χ2v) is 10.8. The Labute approximate surface area is 216 Å². The van der Waals surface area contributed by atoms with Gasteiger partial charge in [0, 0.05) is 17.5 Å². The fourth-order valence-corrected chi connectivity index (χ4v) is 4.74. The highest BCUT2D eigenvalue weighted by Crippen LogP contribution is 2.34. The van der Waals surface area contributed by atoms with Crippen molar-refractivity contribution < 1.29 is 30.9 Å². The summed E-state index contributed by atoms with van der Waals surface area (Å²) in [4.78, 5) is 9.31. The van der Waals surface area contributed by atoms with Gasteiger partial charge < -0.3 is 5.73 Å². The lowest BCUT2D eigenvalue weighted by Gasteiger charge is -2.06. The number of nitro groups is 1. The fourth-order valence-electron chi connectivity index (χ4n) is 3.52. The van der Waals surface area contributed by atoms with E-state index in [4.69, 9.17) is 5.73 Å². The Morgan fingerprint density at radius 2 is 1.53 bits per heavy atom. The van der Waals surface area contributed by atoms with E-state index in [0.717, 1.165) is 12.1 Å². The first-order valence-corrected chi connectivity index (χ1v) is 13.5. The lowest BCUT2D eigenvalue weighted by molar-refractivity contribution is -0.385. The summed E-state index contributed by atoms with van der Waals surface area (Å²) >= 11 is 0. The van der Waals surface area contributed by atoms with Gasteiger partial charge in [-0.2, -0.15) is 21.9 Å². The third kappa shape index (κ3) is 5.90. The predicted octanol–water partition coefficient (Wildman–Crippen LogP) is 5.41. The number of nitrogens with two attached hydrogens (primary N) is 1. The number of anilines is 1. The summed E-state index contributed by atoms with van der Waals surface area (Å²) in [5, 5.41) is 20.3. The van der Waals surface area contributed by atoms with Gasteiger partial charge in [0.25, 0.3) is 25.9 Å². The van der Waals surface area contributed by atoms with Crippen LogP contribution in [0.2, 0.25) is 0 Å². The number of fused-ring (bicyclic) bond motifs is 1. The number of hydrogen-bond donors (Lipinski definition) is 3. The molecule has 0 fully saturated rings. The Hall–Kier alpha value is -4.50. The molecule has 4 N–H and O–H groups in total. The van der Waals surface area contributed by atoms with Crippen molar-refractivity contribution in [2.75, 3.05) is 5.73 Å². The Bertz CT molecular complexity index is 1850. The minimum atomic E-state index is -4.70. The maximum Gasteiger partial charge on any atom is 0.295 e. The summed E-state index contributed by atoms with van der Waals surface area (Å²) in [6.07, 6.45) is 2.94. The molecule has 0 unspecified atom stereocenters. The van der Waals surface area contributed by atoms with E-state index in [1.54, 1.807) is 36.4 Å². The molecule has 0 saturated carbocycles. The Kier molecular flexibility index (Phi) is 7.06. The van der Waals surface area contributed by atoms with E-state index in [1.807, 2.05) is 0 Å². The van der Waals surface area contributed by atoms with E-state index >= 15 is 0 Å². The molecule has 38 heavy (non-hydrogen) atoms. The highest BCUT2D eigenvalue weighted by atomic mass is 32.2. The number of azo groups is 1. The van der Waals surface area contributed by atoms with Crippen LogP contribution in [0.4, 0.5) is 22.7 Å². The van der Waals surface area contributed by atoms with E-state index in [2.05, 4.69) is 10.2 Å². The van der Waals surface area contributed by atoms with Gasteiger partial charge in [-0.3, -0.25) is 19.2 Å². The molecular formula is C24H18N4O8S2. The second kappa shape index (κ2) is 10.1. The van der Waals surface area contributed by atoms with Crippen LogP contribution >= 0.6 is 0 Å². The summed E-state index contributed by atoms with van der Waals surface area (Å²) in [6.45, 7) is 0. The summed E-state index contributed by atoms with van der Waals surface area (Å²) in [5.74, 6) is 0. The molecule has 14 heteroatoms. The maximum absolute atomic E-state index is 11.7. The van der Waals surface area contributed by atoms with Crippen LogP contribution in [0.3, 0.4) is 0 Å². The van der Waals surface area contributed by atoms with Crippen LogP contribution in [0.15, 0.2) is 92.8 Å². The molecule has 4 aromatic carbocycles. The molecule has 0 heterocycles. The average molecular weight is 555 g/mol. The van der Waals surface area contributed by atoms with Crippen molar-refractivity contribution in [2.24, 2.45) is 10.2 Å². The molecule has 4 rings (SSSR count). The third-order valence-corrected chi connectivity index (χ3v) is 7.15. The third-order valence-electron chi connectivity index (χ3n) is 5.39. The van der Waals surface area contributed by atoms with Gasteiger partial charge in [-0.1, -0.05) is 36.4 Å². The standard InChI is InChI=1S/C24H18N4O8S2/c25-22-12-6-17-13-20(37(31,32)33)10-11-21(17)24(22)27-26-18-7-2-15(3-8-18)1-4-16-5-9-19(28(29)30)14-23(16)38(34,35)36/h1-14H,25H2,(H,31,32,33)(H,34,35,36)/b4-1+,27-26?. The molecule has 0 amide bonds. The normalized spacial score (nSPS) is 12.5. The molecule has 0 aromatic heterocycles. The first kappa shape index (κ1) is 26.6. The molecule has 0 aliphatic rings. The number of nitrogen functional groups attached to an aromatic ring is 1. The van der Waals surface area contributed by atoms with Gasteiger partial charge in [0.05, 0.1) is 21.2 Å². The van der Waals surface area contributed by atoms with Crippen LogP contribution < -0.4 is 5.73 Å². The smallest absolute Gasteiger partial charge is 0.295 e. The first-order chi connectivity index (χ1) is 17.8. The SMILES string of the molecule is Nc1ccc2cc(S(=O)(=O)O)ccc2c1N=Nc1ccc(/C=C/c2ccc([N+](=O)[O-])cc2S(=O)(=O)O)cc1. The van der Waals surface area contributed by atoms with Crippen LogP contribution in [-0.2, 0) is 20.2 Å². The molecule has 0 aliphatic carbocycles. The summed E-state index contributed by atoms with van der Waals surface area (Å²) in [6, 6.07) is 16.8. The van der Waals surface area contributed by atoms with Gasteiger partial charge in [-0.15, -0.1) is 5.11 Å². The van der Waals surface area contributed by atoms with Crippen molar-refractivity contribution in [1.82, 2.24) is 0 Å². The van der Waals surface area contributed by atoms with Gasteiger partial charge in [-0.05, 0) is 52.9 Å². The number of rotatable bonds is 7. The highest BCUT2D eigenvalue weighted by Gasteiger charge is 2.19. The molecule has 0 saturated heterocycles. The van der Waals surface area contributed by atoms with E-state index in [1.165, 1.54) is 36.4 Å². The summed E-state index contributed by atoms with van der Waals surface area (Å²) in [7, 11) is -9.07. The van der Waals surface area contributed by atoms with Crippen molar-refractivity contribution in [3.63, 3.8) is 0 Å². The monoisotopic (exact) mass is 554 g/mol. The Morgan fingerprint density at radius 1 is 0.816 bits per heavy atom. The molecule has 194 valence electrons. The van der Waals surface area contributed by atoms with Crippen molar-refractivity contribution in [3.05, 3.63) is 94.0 Å². The zero-order valence-electron chi connectivity index (χ0n) is 19.2. The minimum Gasteiger partial charge on any atom is -0.397 e. The van der Waals surface area contributed by atoms with Crippen molar-refractivity contribution in [1.29, 1.82) is 0 Å². The molecule has 12 nitrogen and oxygen atoms in total. The van der Waals surface area contributed by atoms with Gasteiger partial charge in [0.15, 0.2) is 0 Å². The predicted molar refractivity (Wildman–Crippen MR) is 141 cm³/mol. The second-order valence-electron chi connectivity index (χ2n) is 7.94. The van der Waals surface area contributed by atoms with Crippen LogP contribution in [0.25, 0.3) is 22.9 Å². The quantitative estimate of drug-likeness (QED) is 0.0666. The first-order valence-electron chi connectivity index (χ1n) is 10.6. The van der Waals surface area contributed by atoms with Crippen molar-refractivity contribution >= 4 is 65.9 Å². The van der Waals surface area contributed by atoms with Crippen molar-refractivity contribution in [3.8, 4) is 0 Å². The molecule has 4 aromatic rings. The van der Waals surface area contributed by atoms with Crippen LogP contribution in [-0.4, -0.2) is 30.9 Å². The average Bonchev–Trinajstić information content (AvgIpc) is 2.86. The summed E-state index contributed by atoms with van der Waals surface area (Å²) in [5.41, 5.74) is 7.31. The largest absolute Gasteiger partial charge is 0.397 e. The van der Waals surface area contributed by atoms with Crippen LogP contribution in [0.5, 0.6) is 0 Å². The zero-order valence-corrected chi connectivity index (χ0v) is 20.8. The van der Waals surface area contributed by atoms with Gasteiger partial charge in [0.1, 0.15) is 10.6 Å². The molecule has 0 atom stereocenters. The molecule has 0 aliphatic heterocycles. The fraction of sp³-hybridized carbons (Fsp3) is 0. The zero-order chi connectivity index (χ0) is 27.7. The van der Waals surface area contributed by atoms with E-state index in [0.29, 0.717) is 33.4 Å². The number of non-ortho nitro benzene ring substituents is 1. The van der Waals surface area contributed by atoms with E-state index in [-0.39, 0.29) is 10.5 Å². The number of nitro benzene ring substituents is 1. The van der Waals surface area contributed by atoms with Crippen molar-refractivity contribution in [2.45, 2.75) is 9.79 Å². The Morgan fingerprint density at radius 3 is 2.16 bits per heavy atom. The number of nitrogens with zero attached hydrogens (tertiary/aromatic N) is 3. The van der Waals surface area contributed by atoms with Gasteiger partial charge in [0.2, 0.25) is 0 Å². The van der Waals surface area contributed by atoms with Gasteiger partial charge >= 0.3 is 0 Å². The minimum absolute atomic E-state index is 0.0606. The summed E-state index contributed by atoms with van der Waals surface area (Å²) < 4.78 is 64.9. The molecule has 0 bridgehead atoms. The lowest BCUT2D eigenvalue weighted by atomic mass is 10.1. The molecule has 0 radical (unpaired) electrons. The highest BCUT2D eigenvalue weighted by molar-refractivity contribution is 7.86. The Balaban J connectivity index is 1.59. The maximum atomic E-state index is 11.7. The lowest BCUT2D eigenvalue weighted by Crippen LogP contribution is -2.02. The molecule has 0 spiro atoms. The molecular weight excluding hydrogens is 536 g/mol. The van der Waals surface area contributed by atoms with Gasteiger partial charge in [-0.25, -0.2) is 0 Å². The number of hydrogen-bond acceptors (Lipinski definition) is 9. The number of benzene rings is 4. The van der Waals surface area contributed by atoms with E-state index in [9.17, 15) is 36.1 Å². The van der Waals surface area contributed by atoms with Crippen LogP contribution in [0, 0.1) is 10.1 Å². The van der Waals surface area contributed by atoms with E-state index < -0.39 is 35.7 Å².